The smallest absolute Gasteiger partial charge is 0.417 e. The molecule has 2 saturated heterocycles. The summed E-state index contributed by atoms with van der Waals surface area (Å²) in [6, 6.07) is 1.01. The van der Waals surface area contributed by atoms with E-state index in [-0.39, 0.29) is 72.2 Å². The van der Waals surface area contributed by atoms with E-state index in [2.05, 4.69) is 11.6 Å². The molecule has 228 valence electrons. The quantitative estimate of drug-likeness (QED) is 0.332. The molecule has 14 heteroatoms. The highest BCUT2D eigenvalue weighted by atomic mass is 32.2. The summed E-state index contributed by atoms with van der Waals surface area (Å²) in [7, 11) is 0. The van der Waals surface area contributed by atoms with Crippen molar-refractivity contribution in [3.63, 3.8) is 0 Å². The molecule has 0 radical (unpaired) electrons. The van der Waals surface area contributed by atoms with E-state index in [4.69, 9.17) is 4.74 Å². The van der Waals surface area contributed by atoms with Crippen molar-refractivity contribution in [3.8, 4) is 16.9 Å². The van der Waals surface area contributed by atoms with Gasteiger partial charge in [0.15, 0.2) is 11.6 Å². The van der Waals surface area contributed by atoms with Crippen LogP contribution in [0.25, 0.3) is 22.0 Å². The maximum Gasteiger partial charge on any atom is 0.417 e. The average molecular weight is 623 g/mol. The standard InChI is InChI=1S/C29H27F5N4O4S/c1-4-22(40)36-8-15(3)37(9-14(36)2)26-17-5-18(29(32,33)34)23(16-6-21(39)20(31)7-19(16)30)25-24(17)38(27(41)35-26)10-28(13-43-25)11-42-12-28/h4-7,14-15,39H,1,8-13H2,2-3H3/t14-,15+/m1/s1. The van der Waals surface area contributed by atoms with E-state index in [0.717, 1.165) is 17.8 Å². The van der Waals surface area contributed by atoms with Crippen molar-refractivity contribution in [1.29, 1.82) is 0 Å². The molecule has 0 unspecified atom stereocenters. The molecule has 8 nitrogen and oxygen atoms in total. The van der Waals surface area contributed by atoms with Gasteiger partial charge in [0.1, 0.15) is 11.6 Å². The van der Waals surface area contributed by atoms with Crippen molar-refractivity contribution in [2.75, 3.05) is 37.0 Å². The van der Waals surface area contributed by atoms with Crippen molar-refractivity contribution in [3.05, 3.63) is 58.5 Å². The van der Waals surface area contributed by atoms with Gasteiger partial charge in [0.25, 0.3) is 0 Å². The molecule has 3 aliphatic rings. The van der Waals surface area contributed by atoms with Crippen LogP contribution in [0.2, 0.25) is 0 Å². The second-order valence-corrected chi connectivity index (χ2v) is 12.4. The third-order valence-corrected chi connectivity index (χ3v) is 9.80. The second-order valence-electron chi connectivity index (χ2n) is 11.4. The number of nitrogens with zero attached hydrogens (tertiary/aromatic N) is 4. The molecule has 3 aliphatic heterocycles. The number of anilines is 1. The Labute approximate surface area is 246 Å². The molecule has 1 aromatic heterocycles. The zero-order valence-corrected chi connectivity index (χ0v) is 24.0. The van der Waals surface area contributed by atoms with Gasteiger partial charge in [-0.2, -0.15) is 18.2 Å². The van der Waals surface area contributed by atoms with Crippen LogP contribution in [-0.4, -0.2) is 69.6 Å². The summed E-state index contributed by atoms with van der Waals surface area (Å²) < 4.78 is 80.6. The minimum atomic E-state index is -5.01. The number of hydrogen-bond acceptors (Lipinski definition) is 7. The van der Waals surface area contributed by atoms with Gasteiger partial charge in [0.2, 0.25) is 5.91 Å². The van der Waals surface area contributed by atoms with E-state index in [1.54, 1.807) is 23.6 Å². The number of carbonyl (C=O) groups excluding carboxylic acids is 1. The number of alkyl halides is 3. The summed E-state index contributed by atoms with van der Waals surface area (Å²) in [5.41, 5.74) is -3.59. The first-order chi connectivity index (χ1) is 20.2. The van der Waals surface area contributed by atoms with Crippen LogP contribution < -0.4 is 10.6 Å². The molecule has 1 amide bonds. The van der Waals surface area contributed by atoms with Crippen molar-refractivity contribution < 1.29 is 36.6 Å². The zero-order valence-electron chi connectivity index (χ0n) is 23.2. The van der Waals surface area contributed by atoms with Crippen LogP contribution in [0.1, 0.15) is 19.4 Å². The molecule has 2 atom stereocenters. The summed E-state index contributed by atoms with van der Waals surface area (Å²) in [5, 5.41) is 10.1. The Bertz CT molecular complexity index is 1740. The van der Waals surface area contributed by atoms with Gasteiger partial charge in [-0.15, -0.1) is 11.8 Å². The first kappa shape index (κ1) is 29.4. The van der Waals surface area contributed by atoms with Gasteiger partial charge in [-0.05, 0) is 32.1 Å². The minimum absolute atomic E-state index is 0.0171. The molecule has 2 fully saturated rings. The van der Waals surface area contributed by atoms with E-state index in [1.165, 1.54) is 10.6 Å². The lowest BCUT2D eigenvalue weighted by Crippen LogP contribution is -2.58. The molecule has 2 aromatic carbocycles. The lowest BCUT2D eigenvalue weighted by atomic mass is 9.88. The number of halogens is 5. The van der Waals surface area contributed by atoms with Crippen LogP contribution in [-0.2, 0) is 22.3 Å². The first-order valence-corrected chi connectivity index (χ1v) is 14.5. The lowest BCUT2D eigenvalue weighted by molar-refractivity contribution is -0.137. The molecule has 6 rings (SSSR count). The molecular formula is C29H27F5N4O4S. The topological polar surface area (TPSA) is 87.9 Å². The Kier molecular flexibility index (Phi) is 6.99. The lowest BCUT2D eigenvalue weighted by Gasteiger charge is -2.44. The monoisotopic (exact) mass is 622 g/mol. The summed E-state index contributed by atoms with van der Waals surface area (Å²) in [5.74, 6) is -3.64. The van der Waals surface area contributed by atoms with Gasteiger partial charge in [0, 0.05) is 70.4 Å². The van der Waals surface area contributed by atoms with E-state index in [9.17, 15) is 32.3 Å². The largest absolute Gasteiger partial charge is 0.505 e. The van der Waals surface area contributed by atoms with Crippen LogP contribution in [0.4, 0.5) is 27.8 Å². The van der Waals surface area contributed by atoms with E-state index in [1.807, 2.05) is 0 Å². The highest BCUT2D eigenvalue weighted by Gasteiger charge is 2.45. The number of hydrogen-bond donors (Lipinski definition) is 1. The third kappa shape index (κ3) is 4.74. The Morgan fingerprint density at radius 3 is 2.51 bits per heavy atom. The van der Waals surface area contributed by atoms with E-state index in [0.29, 0.717) is 12.1 Å². The van der Waals surface area contributed by atoms with Crippen molar-refractivity contribution >= 4 is 34.4 Å². The predicted molar refractivity (Wildman–Crippen MR) is 150 cm³/mol. The van der Waals surface area contributed by atoms with Crippen LogP contribution in [0.5, 0.6) is 5.75 Å². The molecule has 0 bridgehead atoms. The average Bonchev–Trinajstić information content (AvgIpc) is 3.12. The zero-order chi connectivity index (χ0) is 31.0. The third-order valence-electron chi connectivity index (χ3n) is 8.36. The minimum Gasteiger partial charge on any atom is -0.505 e. The van der Waals surface area contributed by atoms with Crippen molar-refractivity contribution in [2.45, 2.75) is 43.5 Å². The van der Waals surface area contributed by atoms with Gasteiger partial charge < -0.3 is 19.6 Å². The number of ether oxygens (including phenoxy) is 1. The summed E-state index contributed by atoms with van der Waals surface area (Å²) >= 11 is 1.04. The fourth-order valence-electron chi connectivity index (χ4n) is 6.14. The second kappa shape index (κ2) is 10.2. The summed E-state index contributed by atoms with van der Waals surface area (Å²) in [6.45, 7) is 8.13. The molecule has 43 heavy (non-hydrogen) atoms. The molecule has 1 N–H and O–H groups in total. The van der Waals surface area contributed by atoms with Crippen LogP contribution >= 0.6 is 11.8 Å². The number of rotatable bonds is 3. The van der Waals surface area contributed by atoms with Gasteiger partial charge in [-0.1, -0.05) is 6.58 Å². The number of carbonyl (C=O) groups is 1. The van der Waals surface area contributed by atoms with E-state index >= 15 is 4.39 Å². The number of aromatic hydroxyl groups is 1. The highest BCUT2D eigenvalue weighted by Crippen LogP contribution is 2.51. The number of phenols is 1. The molecule has 0 saturated carbocycles. The Hall–Kier alpha value is -3.65. The molecule has 4 heterocycles. The number of benzene rings is 2. The van der Waals surface area contributed by atoms with Gasteiger partial charge >= 0.3 is 11.9 Å². The fourth-order valence-corrected chi connectivity index (χ4v) is 7.57. The van der Waals surface area contributed by atoms with Crippen LogP contribution in [0, 0.1) is 17.0 Å². The number of piperazine rings is 1. The number of thioether (sulfide) groups is 1. The normalized spacial score (nSPS) is 21.6. The molecule has 3 aromatic rings. The molecular weight excluding hydrogens is 595 g/mol. The molecule has 1 spiro atoms. The Morgan fingerprint density at radius 2 is 1.88 bits per heavy atom. The van der Waals surface area contributed by atoms with Gasteiger partial charge in [-0.25, -0.2) is 13.6 Å². The van der Waals surface area contributed by atoms with Crippen molar-refractivity contribution in [1.82, 2.24) is 14.5 Å². The summed E-state index contributed by atoms with van der Waals surface area (Å²) in [4.78, 5) is 33.7. The van der Waals surface area contributed by atoms with E-state index < -0.39 is 57.4 Å². The Balaban J connectivity index is 1.67. The maximum atomic E-state index is 15.2. The fraction of sp³-hybridized carbons (Fsp3) is 0.414. The van der Waals surface area contributed by atoms with Gasteiger partial charge in [0.05, 0.1) is 24.3 Å². The Morgan fingerprint density at radius 1 is 1.16 bits per heavy atom. The number of aromatic nitrogens is 2. The highest BCUT2D eigenvalue weighted by molar-refractivity contribution is 7.99. The maximum absolute atomic E-state index is 15.2. The van der Waals surface area contributed by atoms with Crippen LogP contribution in [0.15, 0.2) is 40.5 Å². The first-order valence-electron chi connectivity index (χ1n) is 13.5. The van der Waals surface area contributed by atoms with Crippen LogP contribution in [0.3, 0.4) is 0 Å². The summed E-state index contributed by atoms with van der Waals surface area (Å²) in [6.07, 6.45) is -3.82. The number of phenolic OH excluding ortho intramolecular Hbond substituents is 1. The number of amides is 1. The SMILES string of the molecule is C=CC(=O)N1C[C@H](C)N(c2nc(=O)n3c4c(c(-c5cc(O)c(F)cc5F)c(C(F)(F)F)cc24)SCC2(COC2)C3)C[C@H]1C. The molecule has 0 aliphatic carbocycles. The predicted octanol–water partition coefficient (Wildman–Crippen LogP) is 4.80. The van der Waals surface area contributed by atoms with Crippen molar-refractivity contribution in [2.24, 2.45) is 5.41 Å². The van der Waals surface area contributed by atoms with Gasteiger partial charge in [-0.3, -0.25) is 9.36 Å².